The number of carbonyl (C=O) groups is 3. The van der Waals surface area contributed by atoms with Crippen LogP contribution in [0.1, 0.15) is 0 Å². The molecule has 1 fully saturated rings. The van der Waals surface area contributed by atoms with Crippen molar-refractivity contribution >= 4 is 45.9 Å². The summed E-state index contributed by atoms with van der Waals surface area (Å²) in [6.07, 6.45) is 2.69. The van der Waals surface area contributed by atoms with E-state index in [4.69, 9.17) is 11.6 Å². The standard InChI is InChI=1S/C18H17ClN4O3/c1-2-16(25)23-7-6-22(17(26)11-23)10-15(24)21-14-5-3-4-12-8-13(19)9-20-18(12)14/h2-5,8-9H,1,6-7,10-11H2,(H,21,24). The molecule has 0 atom stereocenters. The lowest BCUT2D eigenvalue weighted by atomic mass is 10.2. The van der Waals surface area contributed by atoms with Crippen LogP contribution >= 0.6 is 11.6 Å². The van der Waals surface area contributed by atoms with Crippen LogP contribution in [0.3, 0.4) is 0 Å². The molecule has 0 radical (unpaired) electrons. The molecule has 0 spiro atoms. The number of hydrogen-bond acceptors (Lipinski definition) is 4. The number of para-hydroxylation sites is 1. The molecule has 0 unspecified atom stereocenters. The van der Waals surface area contributed by atoms with Crippen molar-refractivity contribution in [2.45, 2.75) is 0 Å². The molecule has 3 rings (SSSR count). The van der Waals surface area contributed by atoms with Crippen molar-refractivity contribution in [2.24, 2.45) is 0 Å². The first-order valence-electron chi connectivity index (χ1n) is 8.01. The first kappa shape index (κ1) is 17.9. The first-order chi connectivity index (χ1) is 12.5. The molecular weight excluding hydrogens is 356 g/mol. The second kappa shape index (κ2) is 7.53. The van der Waals surface area contributed by atoms with Gasteiger partial charge in [-0.15, -0.1) is 0 Å². The molecular formula is C18H17ClN4O3. The minimum atomic E-state index is -0.328. The fourth-order valence-corrected chi connectivity index (χ4v) is 2.96. The number of carbonyl (C=O) groups excluding carboxylic acids is 3. The van der Waals surface area contributed by atoms with E-state index in [9.17, 15) is 14.4 Å². The van der Waals surface area contributed by atoms with Gasteiger partial charge < -0.3 is 15.1 Å². The van der Waals surface area contributed by atoms with Crippen molar-refractivity contribution in [1.82, 2.24) is 14.8 Å². The molecule has 1 aliphatic heterocycles. The highest BCUT2D eigenvalue weighted by Gasteiger charge is 2.27. The van der Waals surface area contributed by atoms with Crippen LogP contribution in [0.25, 0.3) is 10.9 Å². The Morgan fingerprint density at radius 2 is 2.15 bits per heavy atom. The van der Waals surface area contributed by atoms with Gasteiger partial charge in [0.05, 0.1) is 22.8 Å². The van der Waals surface area contributed by atoms with Gasteiger partial charge in [-0.25, -0.2) is 0 Å². The lowest BCUT2D eigenvalue weighted by molar-refractivity contribution is -0.144. The fourth-order valence-electron chi connectivity index (χ4n) is 2.79. The highest BCUT2D eigenvalue weighted by atomic mass is 35.5. The van der Waals surface area contributed by atoms with E-state index in [1.54, 1.807) is 18.2 Å². The van der Waals surface area contributed by atoms with Gasteiger partial charge in [0.25, 0.3) is 0 Å². The predicted octanol–water partition coefficient (Wildman–Crippen LogP) is 1.68. The summed E-state index contributed by atoms with van der Waals surface area (Å²) in [5.41, 5.74) is 1.18. The van der Waals surface area contributed by atoms with Gasteiger partial charge in [-0.1, -0.05) is 30.3 Å². The van der Waals surface area contributed by atoms with E-state index < -0.39 is 0 Å². The number of benzene rings is 1. The molecule has 0 aliphatic carbocycles. The average molecular weight is 373 g/mol. The number of aromatic nitrogens is 1. The van der Waals surface area contributed by atoms with Gasteiger partial charge in [0.15, 0.2) is 0 Å². The normalized spacial score (nSPS) is 14.4. The molecule has 1 aliphatic rings. The molecule has 1 N–H and O–H groups in total. The van der Waals surface area contributed by atoms with Gasteiger partial charge in [0.2, 0.25) is 17.7 Å². The quantitative estimate of drug-likeness (QED) is 0.828. The number of amides is 3. The largest absolute Gasteiger partial charge is 0.330 e. The summed E-state index contributed by atoms with van der Waals surface area (Å²) >= 11 is 5.94. The van der Waals surface area contributed by atoms with Gasteiger partial charge in [0.1, 0.15) is 6.54 Å². The van der Waals surface area contributed by atoms with E-state index in [1.165, 1.54) is 22.1 Å². The maximum atomic E-state index is 12.4. The van der Waals surface area contributed by atoms with Crippen LogP contribution in [0.4, 0.5) is 5.69 Å². The number of pyridine rings is 1. The Morgan fingerprint density at radius 1 is 1.35 bits per heavy atom. The van der Waals surface area contributed by atoms with Gasteiger partial charge >= 0.3 is 0 Å². The van der Waals surface area contributed by atoms with Gasteiger partial charge in [-0.05, 0) is 18.2 Å². The summed E-state index contributed by atoms with van der Waals surface area (Å²) in [5.74, 6) is -0.890. The summed E-state index contributed by atoms with van der Waals surface area (Å²) < 4.78 is 0. The van der Waals surface area contributed by atoms with Crippen LogP contribution in [0.2, 0.25) is 5.02 Å². The van der Waals surface area contributed by atoms with Gasteiger partial charge in [-0.2, -0.15) is 0 Å². The highest BCUT2D eigenvalue weighted by Crippen LogP contribution is 2.23. The molecule has 0 saturated carbocycles. The van der Waals surface area contributed by atoms with E-state index in [-0.39, 0.29) is 30.8 Å². The summed E-state index contributed by atoms with van der Waals surface area (Å²) in [4.78, 5) is 43.2. The maximum Gasteiger partial charge on any atom is 0.246 e. The van der Waals surface area contributed by atoms with Crippen molar-refractivity contribution in [1.29, 1.82) is 0 Å². The lowest BCUT2D eigenvalue weighted by Gasteiger charge is -2.33. The van der Waals surface area contributed by atoms with E-state index in [0.717, 1.165) is 5.39 Å². The van der Waals surface area contributed by atoms with Crippen molar-refractivity contribution in [2.75, 3.05) is 31.5 Å². The Labute approximate surface area is 155 Å². The van der Waals surface area contributed by atoms with Crippen LogP contribution in [0, 0.1) is 0 Å². The minimum absolute atomic E-state index is 0.0492. The predicted molar refractivity (Wildman–Crippen MR) is 98.7 cm³/mol. The van der Waals surface area contributed by atoms with Crippen LogP contribution in [0.5, 0.6) is 0 Å². The van der Waals surface area contributed by atoms with Crippen molar-refractivity contribution < 1.29 is 14.4 Å². The van der Waals surface area contributed by atoms with Crippen molar-refractivity contribution in [3.05, 3.63) is 48.1 Å². The molecule has 26 heavy (non-hydrogen) atoms. The van der Waals surface area contributed by atoms with Crippen molar-refractivity contribution in [3.8, 4) is 0 Å². The zero-order valence-corrected chi connectivity index (χ0v) is 14.7. The molecule has 2 aromatic rings. The number of nitrogens with zero attached hydrogens (tertiary/aromatic N) is 3. The second-order valence-corrected chi connectivity index (χ2v) is 6.29. The average Bonchev–Trinajstić information content (AvgIpc) is 2.62. The SMILES string of the molecule is C=CC(=O)N1CCN(CC(=O)Nc2cccc3cc(Cl)cnc23)C(=O)C1. The van der Waals surface area contributed by atoms with Crippen LogP contribution in [-0.4, -0.2) is 58.7 Å². The Morgan fingerprint density at radius 3 is 2.88 bits per heavy atom. The zero-order valence-electron chi connectivity index (χ0n) is 13.9. The molecule has 1 aromatic carbocycles. The summed E-state index contributed by atoms with van der Waals surface area (Å²) in [5, 5.41) is 4.10. The zero-order chi connectivity index (χ0) is 18.7. The van der Waals surface area contributed by atoms with Crippen LogP contribution < -0.4 is 5.32 Å². The van der Waals surface area contributed by atoms with Gasteiger partial charge in [0, 0.05) is 24.7 Å². The molecule has 8 heteroatoms. The third-order valence-corrected chi connectivity index (χ3v) is 4.30. The first-order valence-corrected chi connectivity index (χ1v) is 8.39. The smallest absolute Gasteiger partial charge is 0.246 e. The summed E-state index contributed by atoms with van der Waals surface area (Å²) in [6, 6.07) is 7.15. The number of rotatable bonds is 4. The Balaban J connectivity index is 1.66. The molecule has 134 valence electrons. The maximum absolute atomic E-state index is 12.4. The molecule has 3 amide bonds. The third-order valence-electron chi connectivity index (χ3n) is 4.09. The Hall–Kier alpha value is -2.93. The van der Waals surface area contributed by atoms with E-state index in [1.807, 2.05) is 6.07 Å². The number of piperazine rings is 1. The van der Waals surface area contributed by atoms with Crippen LogP contribution in [0.15, 0.2) is 43.1 Å². The number of hydrogen-bond donors (Lipinski definition) is 1. The lowest BCUT2D eigenvalue weighted by Crippen LogP contribution is -2.53. The topological polar surface area (TPSA) is 82.6 Å². The summed E-state index contributed by atoms with van der Waals surface area (Å²) in [6.45, 7) is 3.95. The fraction of sp³-hybridized carbons (Fsp3) is 0.222. The molecule has 7 nitrogen and oxygen atoms in total. The number of halogens is 1. The van der Waals surface area contributed by atoms with E-state index in [0.29, 0.717) is 29.3 Å². The number of fused-ring (bicyclic) bond motifs is 1. The van der Waals surface area contributed by atoms with E-state index in [2.05, 4.69) is 16.9 Å². The summed E-state index contributed by atoms with van der Waals surface area (Å²) in [7, 11) is 0. The Bertz CT molecular complexity index is 899. The Kier molecular flexibility index (Phi) is 5.18. The van der Waals surface area contributed by atoms with Crippen LogP contribution in [-0.2, 0) is 14.4 Å². The third kappa shape index (κ3) is 3.83. The molecule has 0 bridgehead atoms. The molecule has 1 aromatic heterocycles. The molecule has 2 heterocycles. The monoisotopic (exact) mass is 372 g/mol. The highest BCUT2D eigenvalue weighted by molar-refractivity contribution is 6.31. The molecule has 1 saturated heterocycles. The second-order valence-electron chi connectivity index (χ2n) is 5.86. The van der Waals surface area contributed by atoms with E-state index >= 15 is 0 Å². The number of anilines is 1. The van der Waals surface area contributed by atoms with Gasteiger partial charge in [-0.3, -0.25) is 19.4 Å². The van der Waals surface area contributed by atoms with Crippen molar-refractivity contribution in [3.63, 3.8) is 0 Å². The minimum Gasteiger partial charge on any atom is -0.330 e. The number of nitrogens with one attached hydrogen (secondary N) is 1.